The molecule has 0 spiro atoms. The highest BCUT2D eigenvalue weighted by Crippen LogP contribution is 2.36. The molecule has 2 aliphatic rings. The van der Waals surface area contributed by atoms with E-state index < -0.39 is 0 Å². The summed E-state index contributed by atoms with van der Waals surface area (Å²) in [5.74, 6) is 0.580. The fourth-order valence-corrected chi connectivity index (χ4v) is 4.06. The van der Waals surface area contributed by atoms with Crippen LogP contribution in [-0.2, 0) is 4.74 Å². The summed E-state index contributed by atoms with van der Waals surface area (Å²) in [6.07, 6.45) is 1.96. The van der Waals surface area contributed by atoms with E-state index in [1.807, 2.05) is 12.1 Å². The number of nitrogens with one attached hydrogen (secondary N) is 1. The van der Waals surface area contributed by atoms with Crippen LogP contribution in [0, 0.1) is 5.82 Å². The summed E-state index contributed by atoms with van der Waals surface area (Å²) in [6, 6.07) is 10.8. The van der Waals surface area contributed by atoms with E-state index in [9.17, 15) is 9.18 Å². The molecule has 26 heavy (non-hydrogen) atoms. The highest BCUT2D eigenvalue weighted by Gasteiger charge is 2.28. The van der Waals surface area contributed by atoms with Crippen molar-refractivity contribution in [3.63, 3.8) is 0 Å². The molecule has 2 unspecified atom stereocenters. The minimum Gasteiger partial charge on any atom is -0.377 e. The first-order chi connectivity index (χ1) is 12.6. The van der Waals surface area contributed by atoms with Gasteiger partial charge in [-0.15, -0.1) is 0 Å². The van der Waals surface area contributed by atoms with Gasteiger partial charge in [0.15, 0.2) is 0 Å². The summed E-state index contributed by atoms with van der Waals surface area (Å²) in [6.45, 7) is 5.06. The number of aromatic nitrogens is 1. The van der Waals surface area contributed by atoms with Crippen LogP contribution >= 0.6 is 0 Å². The van der Waals surface area contributed by atoms with Crippen molar-refractivity contribution >= 4 is 11.5 Å². The van der Waals surface area contributed by atoms with Gasteiger partial charge >= 0.3 is 0 Å². The van der Waals surface area contributed by atoms with Crippen LogP contribution in [0.5, 0.6) is 0 Å². The van der Waals surface area contributed by atoms with Gasteiger partial charge < -0.3 is 19.5 Å². The Labute approximate surface area is 152 Å². The number of aromatic amines is 1. The average molecular weight is 357 g/mol. The molecule has 6 heteroatoms. The molecule has 2 atom stereocenters. The van der Waals surface area contributed by atoms with Gasteiger partial charge in [-0.25, -0.2) is 4.39 Å². The summed E-state index contributed by atoms with van der Waals surface area (Å²) in [4.78, 5) is 19.7. The molecule has 2 fully saturated rings. The fourth-order valence-electron chi connectivity index (χ4n) is 4.06. The predicted octanol–water partition coefficient (Wildman–Crippen LogP) is 3.08. The first-order valence-electron chi connectivity index (χ1n) is 9.23. The quantitative estimate of drug-likeness (QED) is 0.917. The van der Waals surface area contributed by atoms with Gasteiger partial charge in [0.1, 0.15) is 11.6 Å². The topological polar surface area (TPSA) is 48.6 Å². The second-order valence-corrected chi connectivity index (χ2v) is 7.11. The molecular weight excluding hydrogens is 333 g/mol. The standard InChI is InChI=1S/C20H24FN3O2/c1-14-13-26-9-8-23(14)17-11-19(22-20(25)12-17)24-7-3-6-18(24)15-4-2-5-16(21)10-15/h2,4-5,10-12,14,18H,3,6-9,13H2,1H3,(H,22,25). The van der Waals surface area contributed by atoms with Crippen LogP contribution < -0.4 is 15.4 Å². The zero-order chi connectivity index (χ0) is 18.1. The first-order valence-corrected chi connectivity index (χ1v) is 9.23. The lowest BCUT2D eigenvalue weighted by Gasteiger charge is -2.36. The Morgan fingerprint density at radius 3 is 2.88 bits per heavy atom. The molecule has 1 aromatic carbocycles. The van der Waals surface area contributed by atoms with E-state index in [0.29, 0.717) is 13.2 Å². The summed E-state index contributed by atoms with van der Waals surface area (Å²) in [7, 11) is 0. The lowest BCUT2D eigenvalue weighted by Crippen LogP contribution is -2.44. The van der Waals surface area contributed by atoms with E-state index >= 15 is 0 Å². The van der Waals surface area contributed by atoms with Gasteiger partial charge in [0.2, 0.25) is 0 Å². The summed E-state index contributed by atoms with van der Waals surface area (Å²) >= 11 is 0. The molecule has 0 aliphatic carbocycles. The number of hydrogen-bond acceptors (Lipinski definition) is 4. The number of hydrogen-bond donors (Lipinski definition) is 1. The third-order valence-electron chi connectivity index (χ3n) is 5.31. The fraction of sp³-hybridized carbons (Fsp3) is 0.450. The van der Waals surface area contributed by atoms with Crippen molar-refractivity contribution < 1.29 is 9.13 Å². The third-order valence-corrected chi connectivity index (χ3v) is 5.31. The van der Waals surface area contributed by atoms with Crippen molar-refractivity contribution in [1.29, 1.82) is 0 Å². The molecule has 2 aliphatic heterocycles. The molecule has 0 radical (unpaired) electrons. The second-order valence-electron chi connectivity index (χ2n) is 7.11. The van der Waals surface area contributed by atoms with Crippen molar-refractivity contribution in [2.45, 2.75) is 31.8 Å². The maximum Gasteiger partial charge on any atom is 0.251 e. The van der Waals surface area contributed by atoms with Gasteiger partial charge in [-0.2, -0.15) is 0 Å². The molecule has 138 valence electrons. The molecule has 2 aromatic rings. The van der Waals surface area contributed by atoms with Crippen LogP contribution in [-0.4, -0.2) is 37.3 Å². The maximum atomic E-state index is 13.7. The molecule has 0 bridgehead atoms. The molecule has 2 saturated heterocycles. The van der Waals surface area contributed by atoms with Crippen molar-refractivity contribution in [1.82, 2.24) is 4.98 Å². The second kappa shape index (κ2) is 7.11. The molecule has 3 heterocycles. The highest BCUT2D eigenvalue weighted by atomic mass is 19.1. The average Bonchev–Trinajstić information content (AvgIpc) is 3.11. The number of pyridine rings is 1. The molecular formula is C20H24FN3O2. The number of halogens is 1. The summed E-state index contributed by atoms with van der Waals surface area (Å²) < 4.78 is 19.2. The Kier molecular flexibility index (Phi) is 4.68. The minimum atomic E-state index is -0.223. The van der Waals surface area contributed by atoms with Gasteiger partial charge in [-0.1, -0.05) is 12.1 Å². The maximum absolute atomic E-state index is 13.7. The van der Waals surface area contributed by atoms with Crippen LogP contribution in [0.3, 0.4) is 0 Å². The van der Waals surface area contributed by atoms with E-state index in [0.717, 1.165) is 43.0 Å². The van der Waals surface area contributed by atoms with Gasteiger partial charge in [0, 0.05) is 37.0 Å². The highest BCUT2D eigenvalue weighted by molar-refractivity contribution is 5.57. The number of morpholine rings is 1. The molecule has 4 rings (SSSR count). The lowest BCUT2D eigenvalue weighted by molar-refractivity contribution is 0.0989. The molecule has 1 N–H and O–H groups in total. The van der Waals surface area contributed by atoms with Crippen LogP contribution in [0.15, 0.2) is 41.2 Å². The van der Waals surface area contributed by atoms with Gasteiger partial charge in [0.25, 0.3) is 5.56 Å². The number of nitrogens with zero attached hydrogens (tertiary/aromatic N) is 2. The number of ether oxygens (including phenoxy) is 1. The number of H-pyrrole nitrogens is 1. The molecule has 1 aromatic heterocycles. The zero-order valence-electron chi connectivity index (χ0n) is 15.0. The van der Waals surface area contributed by atoms with Crippen molar-refractivity contribution in [3.05, 3.63) is 58.1 Å². The smallest absolute Gasteiger partial charge is 0.251 e. The molecule has 5 nitrogen and oxygen atoms in total. The van der Waals surface area contributed by atoms with E-state index in [1.54, 1.807) is 18.2 Å². The van der Waals surface area contributed by atoms with Crippen molar-refractivity contribution in [2.24, 2.45) is 0 Å². The predicted molar refractivity (Wildman–Crippen MR) is 100 cm³/mol. The van der Waals surface area contributed by atoms with Crippen LogP contribution in [0.2, 0.25) is 0 Å². The zero-order valence-corrected chi connectivity index (χ0v) is 15.0. The van der Waals surface area contributed by atoms with Crippen LogP contribution in [0.25, 0.3) is 0 Å². The van der Waals surface area contributed by atoms with Crippen LogP contribution in [0.1, 0.15) is 31.4 Å². The Morgan fingerprint density at radius 1 is 1.19 bits per heavy atom. The largest absolute Gasteiger partial charge is 0.377 e. The minimum absolute atomic E-state index is 0.0821. The van der Waals surface area contributed by atoms with Crippen LogP contribution in [0.4, 0.5) is 15.9 Å². The van der Waals surface area contributed by atoms with E-state index in [1.165, 1.54) is 6.07 Å². The third kappa shape index (κ3) is 3.33. The number of benzene rings is 1. The molecule has 0 amide bonds. The monoisotopic (exact) mass is 357 g/mol. The van der Waals surface area contributed by atoms with Crippen molar-refractivity contribution in [3.8, 4) is 0 Å². The van der Waals surface area contributed by atoms with Crippen molar-refractivity contribution in [2.75, 3.05) is 36.1 Å². The van der Waals surface area contributed by atoms with E-state index in [4.69, 9.17) is 4.74 Å². The van der Waals surface area contributed by atoms with Gasteiger partial charge in [0.05, 0.1) is 19.3 Å². The molecule has 0 saturated carbocycles. The summed E-state index contributed by atoms with van der Waals surface area (Å²) in [5.41, 5.74) is 1.76. The normalized spacial score (nSPS) is 23.5. The van der Waals surface area contributed by atoms with E-state index in [-0.39, 0.29) is 23.5 Å². The Hall–Kier alpha value is -2.34. The van der Waals surface area contributed by atoms with E-state index in [2.05, 4.69) is 21.7 Å². The number of rotatable bonds is 3. The Balaban J connectivity index is 1.67. The first kappa shape index (κ1) is 17.1. The Bertz CT molecular complexity index is 838. The Morgan fingerprint density at radius 2 is 2.08 bits per heavy atom. The van der Waals surface area contributed by atoms with Gasteiger partial charge in [-0.3, -0.25) is 4.79 Å². The summed E-state index contributed by atoms with van der Waals surface area (Å²) in [5, 5.41) is 0. The number of anilines is 2. The van der Waals surface area contributed by atoms with Gasteiger partial charge in [-0.05, 0) is 37.5 Å². The SMILES string of the molecule is CC1COCCN1c1cc(N2CCCC2c2cccc(F)c2)[nH]c(=O)c1. The lowest BCUT2D eigenvalue weighted by atomic mass is 10.0.